The molecule has 23 heavy (non-hydrogen) atoms. The van der Waals surface area contributed by atoms with E-state index in [0.29, 0.717) is 5.92 Å². The minimum Gasteiger partial charge on any atom is -0.381 e. The fourth-order valence-electron chi connectivity index (χ4n) is 2.79. The van der Waals surface area contributed by atoms with Crippen molar-refractivity contribution in [3.8, 4) is 0 Å². The molecule has 128 valence electrons. The Labute approximate surface area is 140 Å². The number of nitrogens with zero attached hydrogens (tertiary/aromatic N) is 1. The van der Waals surface area contributed by atoms with E-state index in [1.807, 2.05) is 19.2 Å². The minimum absolute atomic E-state index is 0.0411. The van der Waals surface area contributed by atoms with Crippen LogP contribution in [-0.4, -0.2) is 37.7 Å². The maximum Gasteiger partial charge on any atom is 0.321 e. The number of benzene rings is 1. The van der Waals surface area contributed by atoms with Crippen LogP contribution in [0.25, 0.3) is 0 Å². The lowest BCUT2D eigenvalue weighted by molar-refractivity contribution is 0.0621. The van der Waals surface area contributed by atoms with Crippen molar-refractivity contribution in [2.75, 3.05) is 32.1 Å². The zero-order valence-corrected chi connectivity index (χ0v) is 14.9. The summed E-state index contributed by atoms with van der Waals surface area (Å²) in [5.74, 6) is 0.685. The first-order chi connectivity index (χ1) is 10.9. The second kappa shape index (κ2) is 7.82. The maximum absolute atomic E-state index is 12.3. The molecule has 0 bridgehead atoms. The molecule has 1 aromatic rings. The lowest BCUT2D eigenvalue weighted by Gasteiger charge is -2.25. The van der Waals surface area contributed by atoms with Crippen LogP contribution in [0.3, 0.4) is 0 Å². The first-order valence-corrected chi connectivity index (χ1v) is 8.56. The van der Waals surface area contributed by atoms with Crippen molar-refractivity contribution in [1.82, 2.24) is 4.90 Å². The van der Waals surface area contributed by atoms with Crippen LogP contribution in [0.4, 0.5) is 10.5 Å². The molecule has 0 saturated carbocycles. The molecule has 0 unspecified atom stereocenters. The van der Waals surface area contributed by atoms with Crippen molar-refractivity contribution in [3.63, 3.8) is 0 Å². The highest BCUT2D eigenvalue weighted by atomic mass is 16.5. The number of hydrogen-bond acceptors (Lipinski definition) is 2. The molecule has 0 aliphatic carbocycles. The van der Waals surface area contributed by atoms with Gasteiger partial charge in [0.2, 0.25) is 0 Å². The Hall–Kier alpha value is -1.55. The molecule has 1 aliphatic rings. The number of nitrogens with one attached hydrogen (secondary N) is 1. The van der Waals surface area contributed by atoms with Gasteiger partial charge in [-0.05, 0) is 48.3 Å². The highest BCUT2D eigenvalue weighted by Crippen LogP contribution is 2.23. The third-order valence-corrected chi connectivity index (χ3v) is 4.56. The molecule has 4 nitrogen and oxygen atoms in total. The predicted molar refractivity (Wildman–Crippen MR) is 95.0 cm³/mol. The van der Waals surface area contributed by atoms with Gasteiger partial charge in [-0.15, -0.1) is 0 Å². The fourth-order valence-corrected chi connectivity index (χ4v) is 2.79. The summed E-state index contributed by atoms with van der Waals surface area (Å²) in [4.78, 5) is 14.0. The molecule has 4 heteroatoms. The molecule has 1 N–H and O–H groups in total. The molecule has 2 amide bonds. The minimum atomic E-state index is -0.0411. The molecule has 1 aliphatic heterocycles. The molecule has 1 heterocycles. The molecule has 2 rings (SSSR count). The van der Waals surface area contributed by atoms with Gasteiger partial charge in [-0.3, -0.25) is 0 Å². The Kier molecular flexibility index (Phi) is 6.05. The Morgan fingerprint density at radius 1 is 1.22 bits per heavy atom. The Balaban J connectivity index is 1.80. The van der Waals surface area contributed by atoms with E-state index in [1.54, 1.807) is 4.90 Å². The van der Waals surface area contributed by atoms with Crippen molar-refractivity contribution in [2.45, 2.75) is 45.4 Å². The van der Waals surface area contributed by atoms with Crippen LogP contribution in [0.5, 0.6) is 0 Å². The predicted octanol–water partition coefficient (Wildman–Crippen LogP) is 4.26. The molecular formula is C19H30N2O2. The van der Waals surface area contributed by atoms with Crippen molar-refractivity contribution >= 4 is 11.7 Å². The van der Waals surface area contributed by atoms with E-state index < -0.39 is 0 Å². The first-order valence-electron chi connectivity index (χ1n) is 8.56. The second-order valence-electron chi connectivity index (χ2n) is 7.52. The first kappa shape index (κ1) is 17.8. The Bertz CT molecular complexity index is 499. The number of anilines is 1. The van der Waals surface area contributed by atoms with Crippen molar-refractivity contribution in [3.05, 3.63) is 29.8 Å². The lowest BCUT2D eigenvalue weighted by Crippen LogP contribution is -2.33. The summed E-state index contributed by atoms with van der Waals surface area (Å²) < 4.78 is 5.37. The normalized spacial score (nSPS) is 16.2. The average Bonchev–Trinajstić information content (AvgIpc) is 2.53. The smallest absolute Gasteiger partial charge is 0.321 e. The van der Waals surface area contributed by atoms with E-state index in [-0.39, 0.29) is 11.4 Å². The fraction of sp³-hybridized carbons (Fsp3) is 0.632. The van der Waals surface area contributed by atoms with Gasteiger partial charge in [0.15, 0.2) is 0 Å². The van der Waals surface area contributed by atoms with Crippen LogP contribution >= 0.6 is 0 Å². The highest BCUT2D eigenvalue weighted by Gasteiger charge is 2.17. The van der Waals surface area contributed by atoms with Gasteiger partial charge in [0.1, 0.15) is 0 Å². The summed E-state index contributed by atoms with van der Waals surface area (Å²) in [7, 11) is 1.86. The molecule has 1 saturated heterocycles. The van der Waals surface area contributed by atoms with Gasteiger partial charge in [0.25, 0.3) is 0 Å². The second-order valence-corrected chi connectivity index (χ2v) is 7.52. The highest BCUT2D eigenvalue weighted by molar-refractivity contribution is 5.89. The van der Waals surface area contributed by atoms with E-state index in [0.717, 1.165) is 44.7 Å². The SMILES string of the molecule is CN(CCC1CCOCC1)C(=O)Nc1ccc(C(C)(C)C)cc1. The number of urea groups is 1. The monoisotopic (exact) mass is 318 g/mol. The van der Waals surface area contributed by atoms with Crippen LogP contribution < -0.4 is 5.32 Å². The van der Waals surface area contributed by atoms with Crippen LogP contribution in [0, 0.1) is 5.92 Å². The number of hydrogen-bond donors (Lipinski definition) is 1. The summed E-state index contributed by atoms with van der Waals surface area (Å²) in [6.45, 7) is 9.07. The van der Waals surface area contributed by atoms with E-state index in [2.05, 4.69) is 38.2 Å². The quantitative estimate of drug-likeness (QED) is 0.901. The van der Waals surface area contributed by atoms with Crippen molar-refractivity contribution < 1.29 is 9.53 Å². The van der Waals surface area contributed by atoms with Crippen LogP contribution in [0.2, 0.25) is 0 Å². The topological polar surface area (TPSA) is 41.6 Å². The number of carbonyl (C=O) groups excluding carboxylic acids is 1. The van der Waals surface area contributed by atoms with Gasteiger partial charge in [-0.1, -0.05) is 32.9 Å². The number of amides is 2. The van der Waals surface area contributed by atoms with E-state index in [4.69, 9.17) is 4.74 Å². The summed E-state index contributed by atoms with van der Waals surface area (Å²) in [5, 5.41) is 2.97. The molecule has 1 fully saturated rings. The number of rotatable bonds is 4. The van der Waals surface area contributed by atoms with Gasteiger partial charge >= 0.3 is 6.03 Å². The van der Waals surface area contributed by atoms with Gasteiger partial charge in [0, 0.05) is 32.5 Å². The molecule has 0 radical (unpaired) electrons. The molecule has 0 aromatic heterocycles. The van der Waals surface area contributed by atoms with Crippen LogP contribution in [0.15, 0.2) is 24.3 Å². The summed E-state index contributed by atoms with van der Waals surface area (Å²) >= 11 is 0. The number of carbonyl (C=O) groups is 1. The van der Waals surface area contributed by atoms with Crippen molar-refractivity contribution in [1.29, 1.82) is 0 Å². The summed E-state index contributed by atoms with van der Waals surface area (Å²) in [6, 6.07) is 8.07. The van der Waals surface area contributed by atoms with E-state index in [9.17, 15) is 4.79 Å². The summed E-state index contributed by atoms with van der Waals surface area (Å²) in [6.07, 6.45) is 3.28. The van der Waals surface area contributed by atoms with E-state index >= 15 is 0 Å². The Morgan fingerprint density at radius 3 is 2.39 bits per heavy atom. The molecular weight excluding hydrogens is 288 g/mol. The third kappa shape index (κ3) is 5.54. The van der Waals surface area contributed by atoms with E-state index in [1.165, 1.54) is 5.56 Å². The van der Waals surface area contributed by atoms with Crippen LogP contribution in [-0.2, 0) is 10.2 Å². The van der Waals surface area contributed by atoms with Crippen molar-refractivity contribution in [2.24, 2.45) is 5.92 Å². The zero-order chi connectivity index (χ0) is 16.9. The largest absolute Gasteiger partial charge is 0.381 e. The maximum atomic E-state index is 12.3. The molecule has 0 atom stereocenters. The van der Waals surface area contributed by atoms with Gasteiger partial charge in [-0.2, -0.15) is 0 Å². The zero-order valence-electron chi connectivity index (χ0n) is 14.9. The summed E-state index contributed by atoms with van der Waals surface area (Å²) in [5.41, 5.74) is 2.24. The Morgan fingerprint density at radius 2 is 1.83 bits per heavy atom. The number of ether oxygens (including phenoxy) is 1. The van der Waals surface area contributed by atoms with Crippen LogP contribution in [0.1, 0.15) is 45.6 Å². The molecule has 0 spiro atoms. The average molecular weight is 318 g/mol. The third-order valence-electron chi connectivity index (χ3n) is 4.56. The lowest BCUT2D eigenvalue weighted by atomic mass is 9.87. The van der Waals surface area contributed by atoms with Gasteiger partial charge in [-0.25, -0.2) is 4.79 Å². The van der Waals surface area contributed by atoms with Gasteiger partial charge in [0.05, 0.1) is 0 Å². The molecule has 1 aromatic carbocycles. The standard InChI is InChI=1S/C19H30N2O2/c1-19(2,3)16-5-7-17(8-6-16)20-18(22)21(4)12-9-15-10-13-23-14-11-15/h5-8,15H,9-14H2,1-4H3,(H,20,22). The van der Waals surface area contributed by atoms with Gasteiger partial charge < -0.3 is 15.0 Å².